The van der Waals surface area contributed by atoms with Crippen LogP contribution in [0, 0.1) is 0 Å². The van der Waals surface area contributed by atoms with Crippen molar-refractivity contribution in [2.45, 2.75) is 24.5 Å². The topological polar surface area (TPSA) is 105 Å². The maximum absolute atomic E-state index is 13.5. The van der Waals surface area contributed by atoms with E-state index in [-0.39, 0.29) is 28.9 Å². The Hall–Kier alpha value is -3.60. The Bertz CT molecular complexity index is 1420. The third-order valence-electron chi connectivity index (χ3n) is 6.10. The summed E-state index contributed by atoms with van der Waals surface area (Å²) >= 11 is 6.14. The summed E-state index contributed by atoms with van der Waals surface area (Å²) in [5, 5.41) is 2.98. The van der Waals surface area contributed by atoms with Crippen molar-refractivity contribution in [1.29, 1.82) is 0 Å². The van der Waals surface area contributed by atoms with E-state index >= 15 is 0 Å². The van der Waals surface area contributed by atoms with E-state index in [4.69, 9.17) is 21.1 Å². The minimum absolute atomic E-state index is 0.0463. The Morgan fingerprint density at radius 1 is 1.11 bits per heavy atom. The normalized spacial score (nSPS) is 14.9. The Labute approximate surface area is 227 Å². The molecule has 38 heavy (non-hydrogen) atoms. The summed E-state index contributed by atoms with van der Waals surface area (Å²) < 4.78 is 38.7. The molecule has 11 heteroatoms. The number of nitrogens with zero attached hydrogens (tertiary/aromatic N) is 2. The van der Waals surface area contributed by atoms with Crippen molar-refractivity contribution in [2.24, 2.45) is 0 Å². The second kappa shape index (κ2) is 11.8. The number of carbonyl (C=O) groups excluding carboxylic acids is 2. The molecular weight excluding hydrogens is 530 g/mol. The molecule has 0 saturated carbocycles. The van der Waals surface area contributed by atoms with E-state index in [1.165, 1.54) is 30.2 Å². The number of amides is 2. The number of para-hydroxylation sites is 2. The van der Waals surface area contributed by atoms with E-state index in [0.717, 1.165) is 9.87 Å². The lowest BCUT2D eigenvalue weighted by Gasteiger charge is -2.35. The molecule has 0 aromatic heterocycles. The molecule has 1 atom stereocenters. The van der Waals surface area contributed by atoms with Gasteiger partial charge in [-0.25, -0.2) is 8.42 Å². The number of halogens is 1. The third kappa shape index (κ3) is 5.93. The number of anilines is 1. The zero-order valence-corrected chi connectivity index (χ0v) is 22.5. The first kappa shape index (κ1) is 27.4. The summed E-state index contributed by atoms with van der Waals surface area (Å²) in [6.45, 7) is 1.49. The zero-order valence-electron chi connectivity index (χ0n) is 21.0. The molecule has 4 rings (SSSR count). The van der Waals surface area contributed by atoms with Crippen LogP contribution in [-0.4, -0.2) is 57.4 Å². The molecule has 1 N–H and O–H groups in total. The minimum atomic E-state index is -4.04. The highest BCUT2D eigenvalue weighted by molar-refractivity contribution is 7.89. The fourth-order valence-corrected chi connectivity index (χ4v) is 5.81. The van der Waals surface area contributed by atoms with Gasteiger partial charge in [0.05, 0.1) is 35.8 Å². The van der Waals surface area contributed by atoms with Crippen molar-refractivity contribution >= 4 is 39.1 Å². The van der Waals surface area contributed by atoms with E-state index in [0.29, 0.717) is 23.7 Å². The highest BCUT2D eigenvalue weighted by Gasteiger charge is 2.36. The largest absolute Gasteiger partial charge is 0.495 e. The fourth-order valence-electron chi connectivity index (χ4n) is 4.07. The van der Waals surface area contributed by atoms with Crippen LogP contribution >= 0.6 is 11.6 Å². The summed E-state index contributed by atoms with van der Waals surface area (Å²) in [7, 11) is -2.61. The zero-order chi connectivity index (χ0) is 27.3. The molecule has 200 valence electrons. The summed E-state index contributed by atoms with van der Waals surface area (Å²) in [4.78, 5) is 27.8. The molecular formula is C27H28ClN3O6S. The molecule has 1 aliphatic heterocycles. The van der Waals surface area contributed by atoms with Gasteiger partial charge in [-0.15, -0.1) is 0 Å². The van der Waals surface area contributed by atoms with Gasteiger partial charge in [0.15, 0.2) is 6.10 Å². The molecule has 0 unspecified atom stereocenters. The number of hydrogen-bond acceptors (Lipinski definition) is 6. The Morgan fingerprint density at radius 3 is 2.50 bits per heavy atom. The number of fused-ring (bicyclic) bond motifs is 1. The molecule has 1 aliphatic rings. The Morgan fingerprint density at radius 2 is 1.82 bits per heavy atom. The van der Waals surface area contributed by atoms with Crippen molar-refractivity contribution in [3.8, 4) is 11.5 Å². The van der Waals surface area contributed by atoms with Gasteiger partial charge in [0, 0.05) is 13.1 Å². The predicted octanol–water partition coefficient (Wildman–Crippen LogP) is 3.47. The number of likely N-dealkylation sites (N-methyl/N-ethyl adjacent to an activating group) is 1. The quantitative estimate of drug-likeness (QED) is 0.432. The van der Waals surface area contributed by atoms with Crippen LogP contribution in [0.2, 0.25) is 5.02 Å². The van der Waals surface area contributed by atoms with Crippen molar-refractivity contribution in [3.63, 3.8) is 0 Å². The lowest BCUT2D eigenvalue weighted by molar-refractivity contribution is -0.128. The number of rotatable bonds is 9. The molecule has 0 fully saturated rings. The number of nitrogens with one attached hydrogen (secondary N) is 1. The molecule has 3 aromatic rings. The molecule has 0 aliphatic carbocycles. The van der Waals surface area contributed by atoms with Gasteiger partial charge in [-0.05, 0) is 35.9 Å². The van der Waals surface area contributed by atoms with Crippen molar-refractivity contribution in [3.05, 3.63) is 83.4 Å². The van der Waals surface area contributed by atoms with Crippen molar-refractivity contribution < 1.29 is 27.5 Å². The molecule has 9 nitrogen and oxygen atoms in total. The second-order valence-electron chi connectivity index (χ2n) is 8.51. The van der Waals surface area contributed by atoms with Crippen LogP contribution < -0.4 is 19.7 Å². The van der Waals surface area contributed by atoms with Crippen LogP contribution in [0.5, 0.6) is 11.5 Å². The van der Waals surface area contributed by atoms with Crippen LogP contribution in [0.4, 0.5) is 5.69 Å². The SMILES string of the molecule is CCN(CC(=O)N1C[C@@H](C(=O)NCc2ccccc2)Oc2ccccc21)S(=O)(=O)c1ccc(OC)c(Cl)c1. The summed E-state index contributed by atoms with van der Waals surface area (Å²) in [5.74, 6) is -0.174. The summed E-state index contributed by atoms with van der Waals surface area (Å²) in [5.41, 5.74) is 1.39. The molecule has 0 spiro atoms. The van der Waals surface area contributed by atoms with E-state index < -0.39 is 28.6 Å². The third-order valence-corrected chi connectivity index (χ3v) is 8.31. The highest BCUT2D eigenvalue weighted by Crippen LogP contribution is 2.34. The first-order chi connectivity index (χ1) is 18.2. The van der Waals surface area contributed by atoms with Crippen LogP contribution in [0.1, 0.15) is 12.5 Å². The van der Waals surface area contributed by atoms with Crippen LogP contribution in [-0.2, 0) is 26.2 Å². The molecule has 2 amide bonds. The average Bonchev–Trinajstić information content (AvgIpc) is 2.94. The lowest BCUT2D eigenvalue weighted by atomic mass is 10.1. The number of ether oxygens (including phenoxy) is 2. The lowest BCUT2D eigenvalue weighted by Crippen LogP contribution is -2.53. The first-order valence-corrected chi connectivity index (χ1v) is 13.8. The number of hydrogen-bond donors (Lipinski definition) is 1. The monoisotopic (exact) mass is 557 g/mol. The van der Waals surface area contributed by atoms with Crippen molar-refractivity contribution in [1.82, 2.24) is 9.62 Å². The highest BCUT2D eigenvalue weighted by atomic mass is 35.5. The van der Waals surface area contributed by atoms with Gasteiger partial charge in [-0.1, -0.05) is 61.0 Å². The van der Waals surface area contributed by atoms with Gasteiger partial charge in [-0.3, -0.25) is 9.59 Å². The molecule has 1 heterocycles. The number of sulfonamides is 1. The van der Waals surface area contributed by atoms with Crippen molar-refractivity contribution in [2.75, 3.05) is 31.6 Å². The second-order valence-corrected chi connectivity index (χ2v) is 10.9. The van der Waals surface area contributed by atoms with Gasteiger partial charge in [0.25, 0.3) is 5.91 Å². The Kier molecular flexibility index (Phi) is 8.55. The fraction of sp³-hybridized carbons (Fsp3) is 0.259. The minimum Gasteiger partial charge on any atom is -0.495 e. The van der Waals surface area contributed by atoms with E-state index in [1.807, 2.05) is 30.3 Å². The molecule has 3 aromatic carbocycles. The summed E-state index contributed by atoms with van der Waals surface area (Å²) in [6.07, 6.45) is -0.968. The number of benzene rings is 3. The number of carbonyl (C=O) groups is 2. The standard InChI is InChI=1S/C27H28ClN3O6S/c1-3-30(38(34,35)20-13-14-23(36-2)21(28)15-20)18-26(32)31-17-25(37-24-12-8-7-11-22(24)31)27(33)29-16-19-9-5-4-6-10-19/h4-15,25H,3,16-18H2,1-2H3,(H,29,33)/t25-/m0/s1. The van der Waals surface area contributed by atoms with Gasteiger partial charge in [0.1, 0.15) is 11.5 Å². The molecule has 0 radical (unpaired) electrons. The molecule has 0 saturated heterocycles. The van der Waals surface area contributed by atoms with Gasteiger partial charge in [0.2, 0.25) is 15.9 Å². The van der Waals surface area contributed by atoms with E-state index in [2.05, 4.69) is 5.32 Å². The van der Waals surface area contributed by atoms with Crippen LogP contribution in [0.25, 0.3) is 0 Å². The maximum atomic E-state index is 13.5. The maximum Gasteiger partial charge on any atom is 0.263 e. The van der Waals surface area contributed by atoms with Gasteiger partial charge in [-0.2, -0.15) is 4.31 Å². The van der Waals surface area contributed by atoms with Crippen LogP contribution in [0.15, 0.2) is 77.7 Å². The predicted molar refractivity (Wildman–Crippen MR) is 144 cm³/mol. The van der Waals surface area contributed by atoms with Gasteiger partial charge >= 0.3 is 0 Å². The molecule has 0 bridgehead atoms. The van der Waals surface area contributed by atoms with Gasteiger partial charge < -0.3 is 19.7 Å². The van der Waals surface area contributed by atoms with Crippen LogP contribution in [0.3, 0.4) is 0 Å². The first-order valence-electron chi connectivity index (χ1n) is 12.0. The van der Waals surface area contributed by atoms with E-state index in [9.17, 15) is 18.0 Å². The average molecular weight is 558 g/mol. The summed E-state index contributed by atoms with van der Waals surface area (Å²) in [6, 6.07) is 20.4. The number of methoxy groups -OCH3 is 1. The Balaban J connectivity index is 1.53. The smallest absolute Gasteiger partial charge is 0.263 e. The van der Waals surface area contributed by atoms with E-state index in [1.54, 1.807) is 31.2 Å².